The van der Waals surface area contributed by atoms with E-state index in [1.165, 1.54) is 33.6 Å². The van der Waals surface area contributed by atoms with Gasteiger partial charge in [0, 0.05) is 56.9 Å². The van der Waals surface area contributed by atoms with Gasteiger partial charge in [-0.25, -0.2) is 9.97 Å². The molecule has 0 spiro atoms. The second kappa shape index (κ2) is 13.4. The van der Waals surface area contributed by atoms with E-state index in [0.29, 0.717) is 5.82 Å². The smallest absolute Gasteiger partial charge is 0.162 e. The molecule has 1 aliphatic carbocycles. The summed E-state index contributed by atoms with van der Waals surface area (Å²) in [6.07, 6.45) is 10.0. The quantitative estimate of drug-likeness (QED) is 0.174. The number of fused-ring (bicyclic) bond motifs is 8. The first-order valence-corrected chi connectivity index (χ1v) is 20.5. The van der Waals surface area contributed by atoms with Gasteiger partial charge in [0.05, 0.1) is 22.6 Å². The van der Waals surface area contributed by atoms with Gasteiger partial charge in [-0.1, -0.05) is 146 Å². The predicted molar refractivity (Wildman–Crippen MR) is 248 cm³/mol. The van der Waals surface area contributed by atoms with Crippen LogP contribution in [-0.4, -0.2) is 15.5 Å². The molecule has 284 valence electrons. The summed E-state index contributed by atoms with van der Waals surface area (Å²) in [5.74, 6) is 1.45. The van der Waals surface area contributed by atoms with Crippen LogP contribution in [0.3, 0.4) is 0 Å². The maximum absolute atomic E-state index is 6.44. The Kier molecular flexibility index (Phi) is 7.66. The summed E-state index contributed by atoms with van der Waals surface area (Å²) in [7, 11) is 0. The lowest BCUT2D eigenvalue weighted by Gasteiger charge is -2.40. The van der Waals surface area contributed by atoms with Gasteiger partial charge in [0.25, 0.3) is 0 Å². The van der Waals surface area contributed by atoms with Crippen molar-refractivity contribution in [2.75, 3.05) is 9.80 Å². The molecule has 1 atom stereocenters. The number of para-hydroxylation sites is 3. The largest absolute Gasteiger partial charge is 0.456 e. The third-order valence-electron chi connectivity index (χ3n) is 12.4. The fraction of sp³-hybridized carbons (Fsp3) is 0.0545. The zero-order valence-corrected chi connectivity index (χ0v) is 33.0. The molecule has 7 aromatic carbocycles. The second-order valence-electron chi connectivity index (χ2n) is 16.0. The van der Waals surface area contributed by atoms with Crippen LogP contribution in [0.1, 0.15) is 35.6 Å². The number of furan rings is 1. The van der Waals surface area contributed by atoms with Crippen molar-refractivity contribution in [3.63, 3.8) is 0 Å². The van der Waals surface area contributed by atoms with Gasteiger partial charge in [-0.3, -0.25) is 4.90 Å². The van der Waals surface area contributed by atoms with Crippen LogP contribution in [0.25, 0.3) is 67.9 Å². The lowest BCUT2D eigenvalue weighted by Crippen LogP contribution is -2.41. The summed E-state index contributed by atoms with van der Waals surface area (Å²) in [5, 5.41) is 2.15. The van der Waals surface area contributed by atoms with E-state index in [1.807, 2.05) is 36.4 Å². The van der Waals surface area contributed by atoms with Gasteiger partial charge in [0.1, 0.15) is 17.0 Å². The Morgan fingerprint density at radius 3 is 2.05 bits per heavy atom. The molecule has 0 saturated carbocycles. The molecule has 3 aliphatic rings. The molecule has 0 bridgehead atoms. The van der Waals surface area contributed by atoms with Crippen molar-refractivity contribution < 1.29 is 4.42 Å². The number of aromatic nitrogens is 2. The van der Waals surface area contributed by atoms with Crippen LogP contribution in [0.4, 0.5) is 28.6 Å². The molecule has 0 amide bonds. The van der Waals surface area contributed by atoms with E-state index in [1.54, 1.807) is 0 Å². The zero-order chi connectivity index (χ0) is 39.8. The number of benzene rings is 7. The molecule has 2 aliphatic heterocycles. The standard InChI is InChI=1S/C55H38N4O/c1-55-35-41(27-29-46(55)44-22-11-13-23-49(44)59(55)42-19-9-4-10-20-42)38-28-30-48-39(31-38)25-26-40-32-52-45(43-21-12-14-24-51(43)60-52)33-50(40)58(48)53-34-47(36-15-5-2-6-16-36)56-54(57-53)37-17-7-3-8-18-37/h2-34H,35H2,1H3/t55-/m0/s1. The Bertz CT molecular complexity index is 3200. The highest BCUT2D eigenvalue weighted by atomic mass is 16.3. The summed E-state index contributed by atoms with van der Waals surface area (Å²) in [6.45, 7) is 2.39. The van der Waals surface area contributed by atoms with E-state index in [-0.39, 0.29) is 5.54 Å². The molecule has 4 heterocycles. The van der Waals surface area contributed by atoms with Gasteiger partial charge in [-0.15, -0.1) is 0 Å². The first-order valence-electron chi connectivity index (χ1n) is 20.5. The third-order valence-corrected chi connectivity index (χ3v) is 12.4. The van der Waals surface area contributed by atoms with Gasteiger partial charge in [0.15, 0.2) is 5.82 Å². The van der Waals surface area contributed by atoms with E-state index in [9.17, 15) is 0 Å². The summed E-state index contributed by atoms with van der Waals surface area (Å²) in [4.78, 5) is 15.4. The third kappa shape index (κ3) is 5.40. The van der Waals surface area contributed by atoms with Gasteiger partial charge in [-0.05, 0) is 77.7 Å². The normalized spacial score (nSPS) is 16.5. The molecule has 0 saturated heterocycles. The molecule has 2 aromatic heterocycles. The molecule has 0 fully saturated rings. The van der Waals surface area contributed by atoms with Gasteiger partial charge in [-0.2, -0.15) is 0 Å². The van der Waals surface area contributed by atoms with Crippen molar-refractivity contribution in [2.45, 2.75) is 18.9 Å². The fourth-order valence-corrected chi connectivity index (χ4v) is 9.60. The zero-order valence-electron chi connectivity index (χ0n) is 33.0. The van der Waals surface area contributed by atoms with E-state index < -0.39 is 0 Å². The van der Waals surface area contributed by atoms with E-state index >= 15 is 0 Å². The molecule has 0 radical (unpaired) electrons. The predicted octanol–water partition coefficient (Wildman–Crippen LogP) is 14.4. The number of allylic oxidation sites excluding steroid dienone is 2. The van der Waals surface area contributed by atoms with Gasteiger partial charge >= 0.3 is 0 Å². The van der Waals surface area contributed by atoms with Crippen molar-refractivity contribution in [3.05, 3.63) is 210 Å². The topological polar surface area (TPSA) is 45.4 Å². The first kappa shape index (κ1) is 34.3. The van der Waals surface area contributed by atoms with E-state index in [4.69, 9.17) is 14.4 Å². The number of rotatable bonds is 5. The van der Waals surface area contributed by atoms with Crippen LogP contribution >= 0.6 is 0 Å². The van der Waals surface area contributed by atoms with Crippen LogP contribution in [0.15, 0.2) is 192 Å². The minimum atomic E-state index is -0.264. The molecular formula is C55H38N4O. The van der Waals surface area contributed by atoms with Crippen LogP contribution in [0.2, 0.25) is 0 Å². The van der Waals surface area contributed by atoms with Crippen LogP contribution in [-0.2, 0) is 0 Å². The maximum Gasteiger partial charge on any atom is 0.162 e. The molecule has 9 aromatic rings. The lowest BCUT2D eigenvalue weighted by molar-refractivity contribution is 0.615. The van der Waals surface area contributed by atoms with E-state index in [0.717, 1.165) is 73.5 Å². The van der Waals surface area contributed by atoms with Gasteiger partial charge in [0.2, 0.25) is 0 Å². The SMILES string of the molecule is C[C@]12CC(c3ccc4c(c3)C=Cc3cc5oc6ccccc6c5cc3N4c3cc(-c4ccccc4)nc(-c4ccccc4)n3)=CC=C1c1ccccc1N2c1ccccc1. The van der Waals surface area contributed by atoms with Crippen molar-refractivity contribution in [1.29, 1.82) is 0 Å². The second-order valence-corrected chi connectivity index (χ2v) is 16.0. The summed E-state index contributed by atoms with van der Waals surface area (Å²) >= 11 is 0. The average molecular weight is 771 g/mol. The average Bonchev–Trinajstić information content (AvgIpc) is 3.74. The Morgan fingerprint density at radius 1 is 0.533 bits per heavy atom. The molecule has 5 nitrogen and oxygen atoms in total. The number of nitrogens with zero attached hydrogens (tertiary/aromatic N) is 4. The minimum absolute atomic E-state index is 0.264. The summed E-state index contributed by atoms with van der Waals surface area (Å²) < 4.78 is 6.44. The highest BCUT2D eigenvalue weighted by Crippen LogP contribution is 2.56. The monoisotopic (exact) mass is 770 g/mol. The van der Waals surface area contributed by atoms with Crippen LogP contribution < -0.4 is 9.80 Å². The van der Waals surface area contributed by atoms with Crippen molar-refractivity contribution in [2.24, 2.45) is 0 Å². The number of hydrogen-bond donors (Lipinski definition) is 0. The number of anilines is 5. The van der Waals surface area contributed by atoms with Crippen molar-refractivity contribution in [1.82, 2.24) is 9.97 Å². The molecule has 12 rings (SSSR count). The summed E-state index contributed by atoms with van der Waals surface area (Å²) in [5.41, 5.74) is 16.1. The highest BCUT2D eigenvalue weighted by molar-refractivity contribution is 6.09. The molecule has 5 heteroatoms. The maximum atomic E-state index is 6.44. The minimum Gasteiger partial charge on any atom is -0.456 e. The fourth-order valence-electron chi connectivity index (χ4n) is 9.60. The van der Waals surface area contributed by atoms with Crippen molar-refractivity contribution >= 4 is 73.8 Å². The van der Waals surface area contributed by atoms with Crippen LogP contribution in [0, 0.1) is 0 Å². The Hall–Kier alpha value is -7.76. The molecular weight excluding hydrogens is 733 g/mol. The van der Waals surface area contributed by atoms with Crippen LogP contribution in [0.5, 0.6) is 0 Å². The number of hydrogen-bond acceptors (Lipinski definition) is 5. The van der Waals surface area contributed by atoms with E-state index in [2.05, 4.69) is 181 Å². The molecule has 0 unspecified atom stereocenters. The summed E-state index contributed by atoms with van der Waals surface area (Å²) in [6, 6.07) is 62.0. The molecule has 60 heavy (non-hydrogen) atoms. The highest BCUT2D eigenvalue weighted by Gasteiger charge is 2.46. The van der Waals surface area contributed by atoms with Gasteiger partial charge < -0.3 is 9.32 Å². The Morgan fingerprint density at radius 2 is 1.23 bits per heavy atom. The Balaban J connectivity index is 1.04. The first-order chi connectivity index (χ1) is 29.6. The van der Waals surface area contributed by atoms with Crippen molar-refractivity contribution in [3.8, 4) is 22.6 Å². The molecule has 0 N–H and O–H groups in total. The Labute approximate surface area is 348 Å². The lowest BCUT2D eigenvalue weighted by atomic mass is 9.78.